The summed E-state index contributed by atoms with van der Waals surface area (Å²) in [6.07, 6.45) is 7.03. The molecule has 0 unspecified atom stereocenters. The number of hydrogen-bond acceptors (Lipinski definition) is 1. The zero-order valence-corrected chi connectivity index (χ0v) is 7.22. The van der Waals surface area contributed by atoms with Crippen LogP contribution in [0.5, 0.6) is 0 Å². The van der Waals surface area contributed by atoms with Crippen LogP contribution in [0.15, 0.2) is 10.7 Å². The predicted octanol–water partition coefficient (Wildman–Crippen LogP) is 1.65. The van der Waals surface area contributed by atoms with Crippen LogP contribution < -0.4 is 0 Å². The minimum atomic E-state index is 0.668. The number of aromatic nitrogens is 2. The summed E-state index contributed by atoms with van der Waals surface area (Å²) in [5.41, 5.74) is 0.668. The largest absolute Gasteiger partial charge is 0.271 e. The van der Waals surface area contributed by atoms with Crippen molar-refractivity contribution in [3.8, 4) is 12.3 Å². The summed E-state index contributed by atoms with van der Waals surface area (Å²) in [6, 6.07) is 0. The second-order valence-corrected chi connectivity index (χ2v) is 2.68. The highest BCUT2D eigenvalue weighted by Crippen LogP contribution is 2.12. The van der Waals surface area contributed by atoms with Crippen molar-refractivity contribution in [1.29, 1.82) is 0 Å². The number of aryl methyl sites for hydroxylation is 1. The molecule has 2 nitrogen and oxygen atoms in total. The molecule has 1 aromatic heterocycles. The van der Waals surface area contributed by atoms with E-state index in [4.69, 9.17) is 6.42 Å². The van der Waals surface area contributed by atoms with Crippen molar-refractivity contribution in [3.63, 3.8) is 0 Å². The molecule has 0 aromatic carbocycles. The number of hydrogen-bond donors (Lipinski definition) is 0. The van der Waals surface area contributed by atoms with Gasteiger partial charge in [-0.1, -0.05) is 0 Å². The fourth-order valence-corrected chi connectivity index (χ4v) is 1.09. The fourth-order valence-electron chi connectivity index (χ4n) is 0.657. The van der Waals surface area contributed by atoms with Gasteiger partial charge in [0, 0.05) is 12.7 Å². The van der Waals surface area contributed by atoms with E-state index in [2.05, 4.69) is 26.9 Å². The van der Waals surface area contributed by atoms with Crippen LogP contribution in [0.2, 0.25) is 0 Å². The van der Waals surface area contributed by atoms with E-state index in [1.165, 1.54) is 0 Å². The van der Waals surface area contributed by atoms with Crippen molar-refractivity contribution >= 4 is 15.9 Å². The van der Waals surface area contributed by atoms with E-state index in [1.54, 1.807) is 4.68 Å². The third kappa shape index (κ3) is 1.22. The van der Waals surface area contributed by atoms with E-state index in [9.17, 15) is 0 Å². The Hall–Kier alpha value is -0.750. The van der Waals surface area contributed by atoms with Gasteiger partial charge in [0.15, 0.2) is 0 Å². The fraction of sp³-hybridized carbons (Fsp3) is 0.286. The van der Waals surface area contributed by atoms with Crippen LogP contribution in [0.4, 0.5) is 0 Å². The summed E-state index contributed by atoms with van der Waals surface area (Å²) in [5, 5.41) is 4.08. The third-order valence-electron chi connectivity index (χ3n) is 1.18. The van der Waals surface area contributed by atoms with E-state index in [0.717, 1.165) is 11.0 Å². The smallest absolute Gasteiger partial charge is 0.149 e. The Morgan fingerprint density at radius 3 is 2.90 bits per heavy atom. The third-order valence-corrected chi connectivity index (χ3v) is 1.76. The first-order valence-corrected chi connectivity index (χ1v) is 3.76. The molecule has 0 N–H and O–H groups in total. The van der Waals surface area contributed by atoms with Gasteiger partial charge in [-0.25, -0.2) is 0 Å². The lowest BCUT2D eigenvalue weighted by atomic mass is 10.5. The monoisotopic (exact) mass is 198 g/mol. The maximum absolute atomic E-state index is 5.16. The molecule has 0 saturated heterocycles. The Morgan fingerprint density at radius 2 is 2.60 bits per heavy atom. The van der Waals surface area contributed by atoms with Crippen LogP contribution in [0.1, 0.15) is 12.6 Å². The quantitative estimate of drug-likeness (QED) is 0.628. The Bertz CT molecular complexity index is 270. The van der Waals surface area contributed by atoms with E-state index in [-0.39, 0.29) is 0 Å². The highest BCUT2D eigenvalue weighted by molar-refractivity contribution is 9.10. The molecule has 0 radical (unpaired) electrons. The minimum Gasteiger partial charge on any atom is -0.271 e. The van der Waals surface area contributed by atoms with Gasteiger partial charge in [-0.15, -0.1) is 6.42 Å². The highest BCUT2D eigenvalue weighted by Gasteiger charge is 2.00. The Morgan fingerprint density at radius 1 is 1.90 bits per heavy atom. The summed E-state index contributed by atoms with van der Waals surface area (Å²) in [6.45, 7) is 2.86. The van der Waals surface area contributed by atoms with Gasteiger partial charge < -0.3 is 0 Å². The topological polar surface area (TPSA) is 17.8 Å². The molecular weight excluding hydrogens is 192 g/mol. The van der Waals surface area contributed by atoms with Crippen molar-refractivity contribution in [3.05, 3.63) is 16.4 Å². The summed E-state index contributed by atoms with van der Waals surface area (Å²) in [5.74, 6) is 2.47. The normalized spacial score (nSPS) is 9.30. The van der Waals surface area contributed by atoms with Gasteiger partial charge in [0.05, 0.1) is 4.47 Å². The van der Waals surface area contributed by atoms with Gasteiger partial charge >= 0.3 is 0 Å². The second-order valence-electron chi connectivity index (χ2n) is 1.83. The zero-order chi connectivity index (χ0) is 7.56. The first-order valence-electron chi connectivity index (χ1n) is 2.97. The standard InChI is InChI=1S/C7H7BrN2/c1-3-7-6(8)5-10(4-2)9-7/h1,5H,4H2,2H3. The van der Waals surface area contributed by atoms with Gasteiger partial charge in [0.25, 0.3) is 0 Å². The molecule has 0 aliphatic heterocycles. The molecule has 0 fully saturated rings. The van der Waals surface area contributed by atoms with Crippen LogP contribution >= 0.6 is 15.9 Å². The number of rotatable bonds is 1. The molecule has 52 valence electrons. The van der Waals surface area contributed by atoms with Gasteiger partial charge in [-0.3, -0.25) is 4.68 Å². The summed E-state index contributed by atoms with van der Waals surface area (Å²) in [4.78, 5) is 0. The predicted molar refractivity (Wildman–Crippen MR) is 43.5 cm³/mol. The van der Waals surface area contributed by atoms with Gasteiger partial charge in [0.1, 0.15) is 5.69 Å². The molecule has 1 rings (SSSR count). The maximum Gasteiger partial charge on any atom is 0.149 e. The first-order chi connectivity index (χ1) is 4.77. The van der Waals surface area contributed by atoms with Crippen LogP contribution in [-0.4, -0.2) is 9.78 Å². The molecule has 3 heteroatoms. The molecular formula is C7H7BrN2. The molecule has 10 heavy (non-hydrogen) atoms. The summed E-state index contributed by atoms with van der Waals surface area (Å²) < 4.78 is 2.68. The molecule has 0 spiro atoms. The Balaban J connectivity index is 3.07. The minimum absolute atomic E-state index is 0.668. The number of terminal acetylenes is 1. The van der Waals surface area contributed by atoms with Crippen molar-refractivity contribution in [1.82, 2.24) is 9.78 Å². The Kier molecular flexibility index (Phi) is 2.13. The number of nitrogens with zero attached hydrogens (tertiary/aromatic N) is 2. The SMILES string of the molecule is C#Cc1nn(CC)cc1Br. The molecule has 1 heterocycles. The van der Waals surface area contributed by atoms with Crippen molar-refractivity contribution in [2.45, 2.75) is 13.5 Å². The molecule has 1 aromatic rings. The average Bonchev–Trinajstić information content (AvgIpc) is 2.30. The van der Waals surface area contributed by atoms with E-state index < -0.39 is 0 Å². The van der Waals surface area contributed by atoms with Gasteiger partial charge in [-0.2, -0.15) is 5.10 Å². The maximum atomic E-state index is 5.16. The molecule has 0 aliphatic rings. The van der Waals surface area contributed by atoms with E-state index in [0.29, 0.717) is 5.69 Å². The van der Waals surface area contributed by atoms with Crippen LogP contribution in [0.3, 0.4) is 0 Å². The van der Waals surface area contributed by atoms with E-state index >= 15 is 0 Å². The lowest BCUT2D eigenvalue weighted by Gasteiger charge is -1.88. The first kappa shape index (κ1) is 7.36. The van der Waals surface area contributed by atoms with Crippen molar-refractivity contribution < 1.29 is 0 Å². The summed E-state index contributed by atoms with van der Waals surface area (Å²) in [7, 11) is 0. The molecule has 0 saturated carbocycles. The van der Waals surface area contributed by atoms with Crippen LogP contribution in [0.25, 0.3) is 0 Å². The van der Waals surface area contributed by atoms with Crippen LogP contribution in [-0.2, 0) is 6.54 Å². The van der Waals surface area contributed by atoms with Crippen molar-refractivity contribution in [2.24, 2.45) is 0 Å². The Labute approximate surface area is 68.4 Å². The van der Waals surface area contributed by atoms with Gasteiger partial charge in [0.2, 0.25) is 0 Å². The highest BCUT2D eigenvalue weighted by atomic mass is 79.9. The lowest BCUT2D eigenvalue weighted by molar-refractivity contribution is 0.657. The van der Waals surface area contributed by atoms with Crippen LogP contribution in [0, 0.1) is 12.3 Å². The lowest BCUT2D eigenvalue weighted by Crippen LogP contribution is -1.93. The number of halogens is 1. The average molecular weight is 199 g/mol. The zero-order valence-electron chi connectivity index (χ0n) is 5.63. The molecule has 0 bridgehead atoms. The van der Waals surface area contributed by atoms with Gasteiger partial charge in [-0.05, 0) is 28.8 Å². The summed E-state index contributed by atoms with van der Waals surface area (Å²) >= 11 is 3.29. The van der Waals surface area contributed by atoms with Crippen molar-refractivity contribution in [2.75, 3.05) is 0 Å². The second kappa shape index (κ2) is 2.89. The molecule has 0 atom stereocenters. The molecule has 0 aliphatic carbocycles. The van der Waals surface area contributed by atoms with E-state index in [1.807, 2.05) is 13.1 Å². The molecule has 0 amide bonds.